The SMILES string of the molecule is COCCC1CCNc2cc(F)ccc21. The van der Waals surface area contributed by atoms with E-state index in [1.165, 1.54) is 11.6 Å². The van der Waals surface area contributed by atoms with Gasteiger partial charge in [0.05, 0.1) is 0 Å². The summed E-state index contributed by atoms with van der Waals surface area (Å²) in [5.41, 5.74) is 2.17. The molecular formula is C12H16FNO. The van der Waals surface area contributed by atoms with Gasteiger partial charge >= 0.3 is 0 Å². The van der Waals surface area contributed by atoms with Crippen LogP contribution in [0.3, 0.4) is 0 Å². The molecule has 0 aromatic heterocycles. The van der Waals surface area contributed by atoms with E-state index in [9.17, 15) is 4.39 Å². The summed E-state index contributed by atoms with van der Waals surface area (Å²) < 4.78 is 18.1. The smallest absolute Gasteiger partial charge is 0.125 e. The van der Waals surface area contributed by atoms with Gasteiger partial charge in [0.15, 0.2) is 0 Å². The van der Waals surface area contributed by atoms with E-state index in [0.717, 1.165) is 31.7 Å². The van der Waals surface area contributed by atoms with E-state index in [-0.39, 0.29) is 5.82 Å². The molecule has 0 aliphatic carbocycles. The molecular weight excluding hydrogens is 193 g/mol. The summed E-state index contributed by atoms with van der Waals surface area (Å²) in [6, 6.07) is 5.00. The van der Waals surface area contributed by atoms with Crippen molar-refractivity contribution in [1.29, 1.82) is 0 Å². The average Bonchev–Trinajstić information content (AvgIpc) is 2.25. The van der Waals surface area contributed by atoms with E-state index < -0.39 is 0 Å². The summed E-state index contributed by atoms with van der Waals surface area (Å²) in [4.78, 5) is 0. The Morgan fingerprint density at radius 1 is 1.53 bits per heavy atom. The Kier molecular flexibility index (Phi) is 3.21. The predicted molar refractivity (Wildman–Crippen MR) is 58.7 cm³/mol. The summed E-state index contributed by atoms with van der Waals surface area (Å²) in [5, 5.41) is 3.23. The minimum Gasteiger partial charge on any atom is -0.385 e. The molecule has 0 fully saturated rings. The number of fused-ring (bicyclic) bond motifs is 1. The quantitative estimate of drug-likeness (QED) is 0.826. The van der Waals surface area contributed by atoms with Gasteiger partial charge in [-0.15, -0.1) is 0 Å². The van der Waals surface area contributed by atoms with Gasteiger partial charge in [-0.05, 0) is 36.5 Å². The molecule has 1 aromatic rings. The third kappa shape index (κ3) is 2.29. The van der Waals surface area contributed by atoms with Crippen molar-refractivity contribution in [2.45, 2.75) is 18.8 Å². The van der Waals surface area contributed by atoms with Gasteiger partial charge in [-0.25, -0.2) is 4.39 Å². The van der Waals surface area contributed by atoms with Crippen LogP contribution < -0.4 is 5.32 Å². The molecule has 1 N–H and O–H groups in total. The van der Waals surface area contributed by atoms with Crippen molar-refractivity contribution in [2.24, 2.45) is 0 Å². The number of rotatable bonds is 3. The fraction of sp³-hybridized carbons (Fsp3) is 0.500. The van der Waals surface area contributed by atoms with Gasteiger partial charge in [-0.1, -0.05) is 6.07 Å². The third-order valence-corrected chi connectivity index (χ3v) is 2.93. The van der Waals surface area contributed by atoms with Gasteiger partial charge in [-0.3, -0.25) is 0 Å². The molecule has 0 saturated heterocycles. The normalized spacial score (nSPS) is 19.5. The number of nitrogens with one attached hydrogen (secondary N) is 1. The molecule has 0 radical (unpaired) electrons. The zero-order valence-electron chi connectivity index (χ0n) is 8.92. The number of ether oxygens (including phenoxy) is 1. The molecule has 2 nitrogen and oxygen atoms in total. The van der Waals surface area contributed by atoms with Gasteiger partial charge in [0.2, 0.25) is 0 Å². The Morgan fingerprint density at radius 2 is 2.40 bits per heavy atom. The molecule has 1 unspecified atom stereocenters. The molecule has 3 heteroatoms. The molecule has 1 atom stereocenters. The van der Waals surface area contributed by atoms with Gasteiger partial charge in [0, 0.05) is 25.9 Å². The molecule has 15 heavy (non-hydrogen) atoms. The maximum Gasteiger partial charge on any atom is 0.125 e. The van der Waals surface area contributed by atoms with Crippen LogP contribution in [0.2, 0.25) is 0 Å². The lowest BCUT2D eigenvalue weighted by Crippen LogP contribution is -2.18. The van der Waals surface area contributed by atoms with Crippen molar-refractivity contribution < 1.29 is 9.13 Å². The molecule has 1 aliphatic heterocycles. The highest BCUT2D eigenvalue weighted by atomic mass is 19.1. The van der Waals surface area contributed by atoms with E-state index >= 15 is 0 Å². The molecule has 0 bridgehead atoms. The van der Waals surface area contributed by atoms with E-state index in [1.807, 2.05) is 6.07 Å². The second-order valence-corrected chi connectivity index (χ2v) is 3.93. The summed E-state index contributed by atoms with van der Waals surface area (Å²) >= 11 is 0. The molecule has 1 aromatic carbocycles. The van der Waals surface area contributed by atoms with Crippen LogP contribution >= 0.6 is 0 Å². The second kappa shape index (κ2) is 4.62. The minimum atomic E-state index is -0.173. The maximum absolute atomic E-state index is 13.0. The van der Waals surface area contributed by atoms with Crippen LogP contribution in [0.4, 0.5) is 10.1 Å². The standard InChI is InChI=1S/C12H16FNO/c1-15-7-5-9-4-6-14-12-8-10(13)2-3-11(9)12/h2-3,8-9,14H,4-7H2,1H3. The zero-order chi connectivity index (χ0) is 10.7. The Morgan fingerprint density at radius 3 is 3.20 bits per heavy atom. The number of benzene rings is 1. The van der Waals surface area contributed by atoms with Crippen LogP contribution in [-0.2, 0) is 4.74 Å². The van der Waals surface area contributed by atoms with E-state index in [2.05, 4.69) is 5.32 Å². The van der Waals surface area contributed by atoms with Crippen molar-refractivity contribution >= 4 is 5.69 Å². The average molecular weight is 209 g/mol. The van der Waals surface area contributed by atoms with Crippen molar-refractivity contribution in [1.82, 2.24) is 0 Å². The number of halogens is 1. The molecule has 2 rings (SSSR count). The van der Waals surface area contributed by atoms with Crippen LogP contribution in [0.5, 0.6) is 0 Å². The van der Waals surface area contributed by atoms with E-state index in [1.54, 1.807) is 13.2 Å². The van der Waals surface area contributed by atoms with E-state index in [0.29, 0.717) is 5.92 Å². The van der Waals surface area contributed by atoms with Crippen molar-refractivity contribution in [2.75, 3.05) is 25.6 Å². The third-order valence-electron chi connectivity index (χ3n) is 2.93. The first-order valence-electron chi connectivity index (χ1n) is 5.33. The van der Waals surface area contributed by atoms with Crippen molar-refractivity contribution in [3.63, 3.8) is 0 Å². The first kappa shape index (κ1) is 10.4. The van der Waals surface area contributed by atoms with Crippen LogP contribution in [0.15, 0.2) is 18.2 Å². The Bertz CT molecular complexity index is 340. The fourth-order valence-corrected chi connectivity index (χ4v) is 2.13. The largest absolute Gasteiger partial charge is 0.385 e. The lowest BCUT2D eigenvalue weighted by molar-refractivity contribution is 0.186. The molecule has 1 aliphatic rings. The Labute approximate surface area is 89.4 Å². The van der Waals surface area contributed by atoms with Gasteiger partial charge in [0.25, 0.3) is 0 Å². The lowest BCUT2D eigenvalue weighted by atomic mass is 9.88. The molecule has 1 heterocycles. The first-order valence-corrected chi connectivity index (χ1v) is 5.33. The van der Waals surface area contributed by atoms with Crippen LogP contribution in [0.1, 0.15) is 24.3 Å². The topological polar surface area (TPSA) is 21.3 Å². The molecule has 0 saturated carbocycles. The fourth-order valence-electron chi connectivity index (χ4n) is 2.13. The number of anilines is 1. The number of hydrogen-bond acceptors (Lipinski definition) is 2. The highest BCUT2D eigenvalue weighted by Crippen LogP contribution is 2.34. The van der Waals surface area contributed by atoms with Gasteiger partial charge in [0.1, 0.15) is 5.82 Å². The molecule has 0 amide bonds. The van der Waals surface area contributed by atoms with Crippen LogP contribution in [0.25, 0.3) is 0 Å². The summed E-state index contributed by atoms with van der Waals surface area (Å²) in [5.74, 6) is 0.329. The van der Waals surface area contributed by atoms with Crippen LogP contribution in [-0.4, -0.2) is 20.3 Å². The summed E-state index contributed by atoms with van der Waals surface area (Å²) in [6.07, 6.45) is 2.11. The first-order chi connectivity index (χ1) is 7.31. The zero-order valence-corrected chi connectivity index (χ0v) is 8.92. The molecule has 0 spiro atoms. The minimum absolute atomic E-state index is 0.173. The second-order valence-electron chi connectivity index (χ2n) is 3.93. The monoisotopic (exact) mass is 209 g/mol. The number of hydrogen-bond donors (Lipinski definition) is 1. The summed E-state index contributed by atoms with van der Waals surface area (Å²) in [7, 11) is 1.71. The maximum atomic E-state index is 13.0. The highest BCUT2D eigenvalue weighted by molar-refractivity contribution is 5.55. The van der Waals surface area contributed by atoms with Crippen LogP contribution in [0, 0.1) is 5.82 Å². The lowest BCUT2D eigenvalue weighted by Gasteiger charge is -2.26. The summed E-state index contributed by atoms with van der Waals surface area (Å²) in [6.45, 7) is 1.69. The van der Waals surface area contributed by atoms with Crippen molar-refractivity contribution in [3.8, 4) is 0 Å². The Hall–Kier alpha value is -1.09. The predicted octanol–water partition coefficient (Wildman–Crippen LogP) is 2.76. The van der Waals surface area contributed by atoms with Gasteiger partial charge in [-0.2, -0.15) is 0 Å². The van der Waals surface area contributed by atoms with E-state index in [4.69, 9.17) is 4.74 Å². The number of methoxy groups -OCH3 is 1. The highest BCUT2D eigenvalue weighted by Gasteiger charge is 2.19. The molecule has 82 valence electrons. The van der Waals surface area contributed by atoms with Gasteiger partial charge < -0.3 is 10.1 Å². The van der Waals surface area contributed by atoms with Crippen molar-refractivity contribution in [3.05, 3.63) is 29.6 Å². The Balaban J connectivity index is 2.18.